The molecule has 1 aliphatic rings. The van der Waals surface area contributed by atoms with Crippen LogP contribution in [0.25, 0.3) is 0 Å². The number of nitrogens with zero attached hydrogens (tertiary/aromatic N) is 4. The highest BCUT2D eigenvalue weighted by Crippen LogP contribution is 2.23. The van der Waals surface area contributed by atoms with Gasteiger partial charge in [-0.25, -0.2) is 9.67 Å². The maximum absolute atomic E-state index is 4.60. The molecule has 28 heavy (non-hydrogen) atoms. The second-order valence-corrected chi connectivity index (χ2v) is 8.06. The molecule has 3 rings (SSSR count). The third-order valence-corrected chi connectivity index (χ3v) is 5.56. The normalized spacial score (nSPS) is 17.4. The highest BCUT2D eigenvalue weighted by molar-refractivity contribution is 14.0. The largest absolute Gasteiger partial charge is 0.356 e. The molecule has 8 heteroatoms. The van der Waals surface area contributed by atoms with Crippen LogP contribution in [0.4, 0.5) is 0 Å². The predicted molar refractivity (Wildman–Crippen MR) is 128 cm³/mol. The molecule has 0 aliphatic carbocycles. The fourth-order valence-electron chi connectivity index (χ4n) is 3.56. The zero-order valence-electron chi connectivity index (χ0n) is 16.8. The van der Waals surface area contributed by atoms with Crippen LogP contribution in [0.2, 0.25) is 0 Å². The van der Waals surface area contributed by atoms with Gasteiger partial charge >= 0.3 is 0 Å². The van der Waals surface area contributed by atoms with E-state index in [9.17, 15) is 0 Å². The van der Waals surface area contributed by atoms with Crippen LogP contribution in [0.15, 0.2) is 33.7 Å². The van der Waals surface area contributed by atoms with E-state index in [1.54, 1.807) is 0 Å². The lowest BCUT2D eigenvalue weighted by Crippen LogP contribution is -2.43. The molecule has 0 saturated heterocycles. The van der Waals surface area contributed by atoms with Gasteiger partial charge in [-0.2, -0.15) is 5.10 Å². The lowest BCUT2D eigenvalue weighted by Gasteiger charge is -2.26. The van der Waals surface area contributed by atoms with Crippen LogP contribution in [0.5, 0.6) is 0 Å². The van der Waals surface area contributed by atoms with Crippen LogP contribution in [0.1, 0.15) is 49.4 Å². The van der Waals surface area contributed by atoms with E-state index in [0.717, 1.165) is 60.9 Å². The molecule has 2 heterocycles. The number of guanidine groups is 1. The number of aliphatic imine (C=N–C) groups is 1. The monoisotopic (exact) mass is 560 g/mol. The Hall–Kier alpha value is -1.16. The molecule has 2 atom stereocenters. The molecule has 1 aromatic carbocycles. The second kappa shape index (κ2) is 11.1. The van der Waals surface area contributed by atoms with Gasteiger partial charge in [0.15, 0.2) is 5.96 Å². The summed E-state index contributed by atoms with van der Waals surface area (Å²) < 4.78 is 3.16. The van der Waals surface area contributed by atoms with Gasteiger partial charge in [0.25, 0.3) is 0 Å². The Morgan fingerprint density at radius 1 is 1.43 bits per heavy atom. The fourth-order valence-corrected chi connectivity index (χ4v) is 4.01. The number of aromatic nitrogens is 3. The van der Waals surface area contributed by atoms with Gasteiger partial charge in [0.05, 0.1) is 6.04 Å². The Balaban J connectivity index is 0.00000280. The maximum atomic E-state index is 4.60. The molecule has 2 aromatic rings. The number of rotatable bonds is 6. The van der Waals surface area contributed by atoms with E-state index in [4.69, 9.17) is 0 Å². The van der Waals surface area contributed by atoms with Gasteiger partial charge in [0.2, 0.25) is 0 Å². The van der Waals surface area contributed by atoms with Crippen LogP contribution in [0, 0.1) is 12.8 Å². The number of benzene rings is 1. The Bertz CT molecular complexity index is 791. The summed E-state index contributed by atoms with van der Waals surface area (Å²) in [5.74, 6) is 3.24. The van der Waals surface area contributed by atoms with Crippen molar-refractivity contribution in [2.75, 3.05) is 13.6 Å². The standard InChI is InChI=1S/C20H29BrN6.HI/c1-4-15(11-16-7-5-8-17(21)12-16)13-23-20(22-3)25-18-9-6-10-27-19(18)24-14(2)26-27;/h5,7-8,12,15,18H,4,6,9-11,13H2,1-3H3,(H2,22,23,25);1H. The quantitative estimate of drug-likeness (QED) is 0.315. The van der Waals surface area contributed by atoms with Crippen molar-refractivity contribution in [3.05, 3.63) is 46.0 Å². The highest BCUT2D eigenvalue weighted by Gasteiger charge is 2.24. The molecular weight excluding hydrogens is 531 g/mol. The van der Waals surface area contributed by atoms with Crippen LogP contribution in [-0.2, 0) is 13.0 Å². The average molecular weight is 561 g/mol. The Morgan fingerprint density at radius 2 is 2.25 bits per heavy atom. The van der Waals surface area contributed by atoms with E-state index in [1.165, 1.54) is 5.56 Å². The molecule has 0 spiro atoms. The fraction of sp³-hybridized carbons (Fsp3) is 0.550. The first-order valence-corrected chi connectivity index (χ1v) is 10.5. The summed E-state index contributed by atoms with van der Waals surface area (Å²) in [6.07, 6.45) is 4.32. The van der Waals surface area contributed by atoms with Crippen molar-refractivity contribution in [1.29, 1.82) is 0 Å². The lowest BCUT2D eigenvalue weighted by molar-refractivity contribution is 0.396. The van der Waals surface area contributed by atoms with Crippen molar-refractivity contribution in [2.24, 2.45) is 10.9 Å². The van der Waals surface area contributed by atoms with Crippen molar-refractivity contribution in [3.8, 4) is 0 Å². The molecule has 1 aliphatic heterocycles. The topological polar surface area (TPSA) is 67.1 Å². The number of aryl methyl sites for hydroxylation is 2. The third-order valence-electron chi connectivity index (χ3n) is 5.06. The van der Waals surface area contributed by atoms with Gasteiger partial charge in [-0.05, 0) is 49.8 Å². The molecule has 1 aromatic heterocycles. The molecule has 0 fully saturated rings. The first kappa shape index (κ1) is 23.1. The molecule has 2 N–H and O–H groups in total. The van der Waals surface area contributed by atoms with Gasteiger partial charge in [-0.3, -0.25) is 4.99 Å². The predicted octanol–water partition coefficient (Wildman–Crippen LogP) is 4.24. The van der Waals surface area contributed by atoms with Crippen molar-refractivity contribution < 1.29 is 0 Å². The van der Waals surface area contributed by atoms with E-state index in [1.807, 2.05) is 18.7 Å². The molecule has 6 nitrogen and oxygen atoms in total. The minimum absolute atomic E-state index is 0. The number of nitrogens with one attached hydrogen (secondary N) is 2. The van der Waals surface area contributed by atoms with Crippen LogP contribution >= 0.6 is 39.9 Å². The minimum Gasteiger partial charge on any atom is -0.356 e. The van der Waals surface area contributed by atoms with E-state index < -0.39 is 0 Å². The van der Waals surface area contributed by atoms with Crippen LogP contribution < -0.4 is 10.6 Å². The summed E-state index contributed by atoms with van der Waals surface area (Å²) in [4.78, 5) is 9.02. The zero-order chi connectivity index (χ0) is 19.2. The van der Waals surface area contributed by atoms with E-state index in [0.29, 0.717) is 5.92 Å². The van der Waals surface area contributed by atoms with Crippen molar-refractivity contribution >= 4 is 45.9 Å². The van der Waals surface area contributed by atoms with E-state index in [-0.39, 0.29) is 30.0 Å². The van der Waals surface area contributed by atoms with Crippen molar-refractivity contribution in [3.63, 3.8) is 0 Å². The summed E-state index contributed by atoms with van der Waals surface area (Å²) in [6, 6.07) is 8.72. The first-order valence-electron chi connectivity index (χ1n) is 9.72. The number of fused-ring (bicyclic) bond motifs is 1. The molecular formula is C20H30BrIN6. The second-order valence-electron chi connectivity index (χ2n) is 7.14. The van der Waals surface area contributed by atoms with Gasteiger partial charge < -0.3 is 10.6 Å². The van der Waals surface area contributed by atoms with Gasteiger partial charge in [-0.1, -0.05) is 41.4 Å². The van der Waals surface area contributed by atoms with Crippen molar-refractivity contribution in [1.82, 2.24) is 25.4 Å². The number of hydrogen-bond acceptors (Lipinski definition) is 3. The first-order chi connectivity index (χ1) is 13.1. The molecule has 0 radical (unpaired) electrons. The SMILES string of the molecule is CCC(CNC(=NC)NC1CCCn2nc(C)nc21)Cc1cccc(Br)c1.I. The zero-order valence-corrected chi connectivity index (χ0v) is 20.7. The van der Waals surface area contributed by atoms with E-state index in [2.05, 4.69) is 72.8 Å². The van der Waals surface area contributed by atoms with Crippen molar-refractivity contribution in [2.45, 2.75) is 52.1 Å². The average Bonchev–Trinajstić information content (AvgIpc) is 3.05. The minimum atomic E-state index is 0. The summed E-state index contributed by atoms with van der Waals surface area (Å²) in [6.45, 7) is 6.03. The number of halogens is 2. The maximum Gasteiger partial charge on any atom is 0.191 e. The molecule has 0 saturated carbocycles. The third kappa shape index (κ3) is 6.17. The highest BCUT2D eigenvalue weighted by atomic mass is 127. The molecule has 0 bridgehead atoms. The van der Waals surface area contributed by atoms with E-state index >= 15 is 0 Å². The summed E-state index contributed by atoms with van der Waals surface area (Å²) in [5, 5.41) is 11.5. The van der Waals surface area contributed by atoms with Crippen LogP contribution in [0.3, 0.4) is 0 Å². The molecule has 0 amide bonds. The number of hydrogen-bond donors (Lipinski definition) is 2. The van der Waals surface area contributed by atoms with Crippen LogP contribution in [-0.4, -0.2) is 34.3 Å². The molecule has 2 unspecified atom stereocenters. The Morgan fingerprint density at radius 3 is 2.96 bits per heavy atom. The van der Waals surface area contributed by atoms with Gasteiger partial charge in [0.1, 0.15) is 11.6 Å². The summed E-state index contributed by atoms with van der Waals surface area (Å²) in [7, 11) is 1.82. The lowest BCUT2D eigenvalue weighted by atomic mass is 9.97. The molecule has 154 valence electrons. The Labute approximate surface area is 193 Å². The Kier molecular flexibility index (Phi) is 9.20. The summed E-state index contributed by atoms with van der Waals surface area (Å²) >= 11 is 3.56. The smallest absolute Gasteiger partial charge is 0.191 e. The summed E-state index contributed by atoms with van der Waals surface area (Å²) in [5.41, 5.74) is 1.36. The van der Waals surface area contributed by atoms with Gasteiger partial charge in [0, 0.05) is 24.6 Å². The van der Waals surface area contributed by atoms with Gasteiger partial charge in [-0.15, -0.1) is 24.0 Å².